The summed E-state index contributed by atoms with van der Waals surface area (Å²) in [5.41, 5.74) is 0.790. The van der Waals surface area contributed by atoms with Gasteiger partial charge < -0.3 is 9.73 Å². The molecule has 1 aromatic heterocycles. The summed E-state index contributed by atoms with van der Waals surface area (Å²) in [6, 6.07) is 13.9. The Balaban J connectivity index is 1.36. The van der Waals surface area contributed by atoms with Crippen molar-refractivity contribution in [3.8, 4) is 0 Å². The number of amides is 1. The summed E-state index contributed by atoms with van der Waals surface area (Å²) in [6.45, 7) is 0. The Morgan fingerprint density at radius 3 is 2.83 bits per heavy atom. The van der Waals surface area contributed by atoms with Crippen molar-refractivity contribution < 1.29 is 9.21 Å². The van der Waals surface area contributed by atoms with E-state index in [1.165, 1.54) is 11.8 Å². The van der Waals surface area contributed by atoms with Crippen molar-refractivity contribution in [3.05, 3.63) is 48.4 Å². The third kappa shape index (κ3) is 3.37. The van der Waals surface area contributed by atoms with Crippen molar-refractivity contribution in [2.24, 2.45) is 0 Å². The zero-order chi connectivity index (χ0) is 15.6. The number of nitrogens with one attached hydrogen (secondary N) is 1. The second kappa shape index (κ2) is 6.04. The van der Waals surface area contributed by atoms with Crippen molar-refractivity contribution in [1.29, 1.82) is 0 Å². The van der Waals surface area contributed by atoms with Gasteiger partial charge in [0.25, 0.3) is 5.22 Å². The molecule has 116 valence electrons. The van der Waals surface area contributed by atoms with Crippen LogP contribution in [0, 0.1) is 0 Å². The van der Waals surface area contributed by atoms with Gasteiger partial charge in [-0.15, -0.1) is 10.2 Å². The van der Waals surface area contributed by atoms with E-state index in [2.05, 4.69) is 15.5 Å². The highest BCUT2D eigenvalue weighted by molar-refractivity contribution is 7.99. The molecule has 0 bridgehead atoms. The van der Waals surface area contributed by atoms with E-state index >= 15 is 0 Å². The van der Waals surface area contributed by atoms with Crippen molar-refractivity contribution in [2.75, 3.05) is 11.1 Å². The van der Waals surface area contributed by atoms with Crippen molar-refractivity contribution in [3.63, 3.8) is 0 Å². The lowest BCUT2D eigenvalue weighted by Crippen LogP contribution is -2.13. The molecule has 3 aromatic rings. The zero-order valence-electron chi connectivity index (χ0n) is 12.4. The Morgan fingerprint density at radius 1 is 1.17 bits per heavy atom. The minimum atomic E-state index is -0.0866. The van der Waals surface area contributed by atoms with Gasteiger partial charge >= 0.3 is 0 Å². The van der Waals surface area contributed by atoms with Crippen molar-refractivity contribution in [1.82, 2.24) is 10.2 Å². The molecule has 0 radical (unpaired) electrons. The van der Waals surface area contributed by atoms with Gasteiger partial charge in [-0.1, -0.05) is 42.1 Å². The molecular formula is C17H15N3O2S. The molecule has 1 aliphatic carbocycles. The number of anilines is 1. The number of carbonyl (C=O) groups excluding carboxylic acids is 1. The molecule has 0 unspecified atom stereocenters. The van der Waals surface area contributed by atoms with Crippen LogP contribution in [-0.2, 0) is 4.79 Å². The Labute approximate surface area is 137 Å². The highest BCUT2D eigenvalue weighted by Crippen LogP contribution is 2.39. The summed E-state index contributed by atoms with van der Waals surface area (Å²) < 4.78 is 5.53. The largest absolute Gasteiger partial charge is 0.416 e. The monoisotopic (exact) mass is 325 g/mol. The third-order valence-electron chi connectivity index (χ3n) is 3.71. The van der Waals surface area contributed by atoms with Crippen LogP contribution >= 0.6 is 11.8 Å². The van der Waals surface area contributed by atoms with E-state index in [0.717, 1.165) is 29.3 Å². The van der Waals surface area contributed by atoms with Gasteiger partial charge in [-0.2, -0.15) is 0 Å². The van der Waals surface area contributed by atoms with Crippen molar-refractivity contribution >= 4 is 34.1 Å². The fourth-order valence-electron chi connectivity index (χ4n) is 2.37. The van der Waals surface area contributed by atoms with Gasteiger partial charge in [-0.3, -0.25) is 4.79 Å². The molecule has 0 atom stereocenters. The van der Waals surface area contributed by atoms with Gasteiger partial charge in [0, 0.05) is 11.6 Å². The number of carbonyl (C=O) groups is 1. The Kier molecular flexibility index (Phi) is 3.75. The number of benzene rings is 2. The maximum atomic E-state index is 12.1. The van der Waals surface area contributed by atoms with Crippen LogP contribution in [-0.4, -0.2) is 21.9 Å². The summed E-state index contributed by atoms with van der Waals surface area (Å²) >= 11 is 1.27. The highest BCUT2D eigenvalue weighted by Gasteiger charge is 2.29. The van der Waals surface area contributed by atoms with E-state index in [4.69, 9.17) is 4.42 Å². The first kappa shape index (κ1) is 14.3. The average molecular weight is 325 g/mol. The smallest absolute Gasteiger partial charge is 0.277 e. The summed E-state index contributed by atoms with van der Waals surface area (Å²) in [4.78, 5) is 12.1. The van der Waals surface area contributed by atoms with Crippen LogP contribution in [0.15, 0.2) is 52.1 Å². The third-order valence-corrected chi connectivity index (χ3v) is 4.53. The number of rotatable bonds is 5. The van der Waals surface area contributed by atoms with Gasteiger partial charge in [0.2, 0.25) is 11.8 Å². The molecule has 5 nitrogen and oxygen atoms in total. The first-order chi connectivity index (χ1) is 11.3. The topological polar surface area (TPSA) is 68.0 Å². The standard InChI is InChI=1S/C17H15N3O2S/c21-15(10-23-17-20-19-16(22-17)12-5-6-12)18-14-8-7-11-3-1-2-4-13(11)9-14/h1-4,7-9,12H,5-6,10H2,(H,18,21). The second-order valence-corrected chi connectivity index (χ2v) is 6.51. The van der Waals surface area contributed by atoms with Crippen LogP contribution < -0.4 is 5.32 Å². The van der Waals surface area contributed by atoms with Crippen LogP contribution in [0.1, 0.15) is 24.7 Å². The average Bonchev–Trinajstić information content (AvgIpc) is 3.31. The molecule has 0 saturated heterocycles. The van der Waals surface area contributed by atoms with Crippen molar-refractivity contribution in [2.45, 2.75) is 24.0 Å². The first-order valence-electron chi connectivity index (χ1n) is 7.53. The molecule has 1 N–H and O–H groups in total. The number of aromatic nitrogens is 2. The molecule has 1 amide bonds. The molecule has 4 rings (SSSR count). The van der Waals surface area contributed by atoms with E-state index in [9.17, 15) is 4.79 Å². The van der Waals surface area contributed by atoms with Crippen LogP contribution in [0.25, 0.3) is 10.8 Å². The Morgan fingerprint density at radius 2 is 2.00 bits per heavy atom. The number of nitrogens with zero attached hydrogens (tertiary/aromatic N) is 2. The number of thioether (sulfide) groups is 1. The predicted molar refractivity (Wildman–Crippen MR) is 89.6 cm³/mol. The SMILES string of the molecule is O=C(CSc1nnc(C2CC2)o1)Nc1ccc2ccccc2c1. The summed E-state index contributed by atoms with van der Waals surface area (Å²) in [5.74, 6) is 1.29. The van der Waals surface area contributed by atoms with Gasteiger partial charge in [0.1, 0.15) is 0 Å². The van der Waals surface area contributed by atoms with E-state index < -0.39 is 0 Å². The Hall–Kier alpha value is -2.34. The van der Waals surface area contributed by atoms with Crippen LogP contribution in [0.3, 0.4) is 0 Å². The molecule has 1 fully saturated rings. The lowest BCUT2D eigenvalue weighted by Gasteiger charge is -2.05. The Bertz CT molecular complexity index is 858. The molecule has 6 heteroatoms. The quantitative estimate of drug-likeness (QED) is 0.722. The summed E-state index contributed by atoms with van der Waals surface area (Å²) in [5, 5.41) is 13.6. The molecule has 1 saturated carbocycles. The fraction of sp³-hybridized carbons (Fsp3) is 0.235. The summed E-state index contributed by atoms with van der Waals surface area (Å²) in [6.07, 6.45) is 2.24. The molecule has 1 aliphatic rings. The number of hydrogen-bond acceptors (Lipinski definition) is 5. The minimum Gasteiger partial charge on any atom is -0.416 e. The van der Waals surface area contributed by atoms with Crippen LogP contribution in [0.5, 0.6) is 0 Å². The van der Waals surface area contributed by atoms with E-state index in [-0.39, 0.29) is 11.7 Å². The molecule has 0 spiro atoms. The first-order valence-corrected chi connectivity index (χ1v) is 8.51. The highest BCUT2D eigenvalue weighted by atomic mass is 32.2. The van der Waals surface area contributed by atoms with E-state index in [1.54, 1.807) is 0 Å². The second-order valence-electron chi connectivity index (χ2n) is 5.58. The van der Waals surface area contributed by atoms with Crippen LogP contribution in [0.2, 0.25) is 0 Å². The van der Waals surface area contributed by atoms with Crippen LogP contribution in [0.4, 0.5) is 5.69 Å². The van der Waals surface area contributed by atoms with Gasteiger partial charge in [-0.25, -0.2) is 0 Å². The zero-order valence-corrected chi connectivity index (χ0v) is 13.2. The maximum Gasteiger partial charge on any atom is 0.277 e. The van der Waals surface area contributed by atoms with E-state index in [0.29, 0.717) is 17.0 Å². The molecule has 1 heterocycles. The number of fused-ring (bicyclic) bond motifs is 1. The molecular weight excluding hydrogens is 310 g/mol. The maximum absolute atomic E-state index is 12.1. The lowest BCUT2D eigenvalue weighted by molar-refractivity contribution is -0.113. The molecule has 2 aromatic carbocycles. The van der Waals surface area contributed by atoms with Gasteiger partial charge in [0.05, 0.1) is 5.75 Å². The normalized spacial score (nSPS) is 14.1. The van der Waals surface area contributed by atoms with Gasteiger partial charge in [0.15, 0.2) is 0 Å². The lowest BCUT2D eigenvalue weighted by atomic mass is 10.1. The fourth-order valence-corrected chi connectivity index (χ4v) is 2.94. The van der Waals surface area contributed by atoms with E-state index in [1.807, 2.05) is 42.5 Å². The predicted octanol–water partition coefficient (Wildman–Crippen LogP) is 3.83. The number of hydrogen-bond donors (Lipinski definition) is 1. The molecule has 0 aliphatic heterocycles. The molecule has 23 heavy (non-hydrogen) atoms. The van der Waals surface area contributed by atoms with Gasteiger partial charge in [-0.05, 0) is 35.7 Å². The minimum absolute atomic E-state index is 0.0866. The summed E-state index contributed by atoms with van der Waals surface area (Å²) in [7, 11) is 0.